The van der Waals surface area contributed by atoms with Crippen molar-refractivity contribution in [3.8, 4) is 5.75 Å². The average Bonchev–Trinajstić information content (AvgIpc) is 2.97. The van der Waals surface area contributed by atoms with Gasteiger partial charge in [-0.3, -0.25) is 4.40 Å². The molecule has 3 aromatic rings. The second-order valence-corrected chi connectivity index (χ2v) is 6.01. The summed E-state index contributed by atoms with van der Waals surface area (Å²) in [6, 6.07) is 5.91. The number of fused-ring (bicyclic) bond motifs is 1. The van der Waals surface area contributed by atoms with Crippen LogP contribution in [0, 0.1) is 18.6 Å². The lowest BCUT2D eigenvalue weighted by Gasteiger charge is -2.10. The van der Waals surface area contributed by atoms with Gasteiger partial charge in [-0.05, 0) is 50.1 Å². The lowest BCUT2D eigenvalue weighted by atomic mass is 10.1. The lowest BCUT2D eigenvalue weighted by molar-refractivity contribution is 0.0517. The molecule has 0 spiro atoms. The van der Waals surface area contributed by atoms with Crippen LogP contribution in [0.5, 0.6) is 5.75 Å². The van der Waals surface area contributed by atoms with Crippen LogP contribution in [0.2, 0.25) is 0 Å². The highest BCUT2D eigenvalue weighted by Gasteiger charge is 2.20. The van der Waals surface area contributed by atoms with Gasteiger partial charge in [-0.2, -0.15) is 0 Å². The van der Waals surface area contributed by atoms with E-state index in [1.54, 1.807) is 36.6 Å². The molecule has 2 heterocycles. The Kier molecular flexibility index (Phi) is 5.39. The van der Waals surface area contributed by atoms with Crippen molar-refractivity contribution in [2.75, 3.05) is 6.61 Å². The zero-order chi connectivity index (χ0) is 19.6. The van der Waals surface area contributed by atoms with E-state index in [9.17, 15) is 13.6 Å². The Bertz CT molecular complexity index is 975. The minimum Gasteiger partial charge on any atom is -0.485 e. The maximum Gasteiger partial charge on any atom is 0.357 e. The number of halogens is 2. The molecule has 142 valence electrons. The van der Waals surface area contributed by atoms with E-state index in [0.29, 0.717) is 34.8 Å². The molecule has 0 N–H and O–H groups in total. The van der Waals surface area contributed by atoms with Crippen LogP contribution in [0.15, 0.2) is 30.5 Å². The summed E-state index contributed by atoms with van der Waals surface area (Å²) < 4.78 is 40.6. The number of ether oxygens (including phenoxy) is 2. The Morgan fingerprint density at radius 3 is 2.56 bits per heavy atom. The number of carbonyl (C=O) groups is 1. The zero-order valence-electron chi connectivity index (χ0n) is 15.4. The maximum atomic E-state index is 14.2. The molecule has 0 fully saturated rings. The molecular weight excluding hydrogens is 354 g/mol. The van der Waals surface area contributed by atoms with Crippen molar-refractivity contribution < 1.29 is 23.0 Å². The maximum absolute atomic E-state index is 14.2. The van der Waals surface area contributed by atoms with E-state index in [0.717, 1.165) is 0 Å². The predicted octanol–water partition coefficient (Wildman–Crippen LogP) is 4.24. The fourth-order valence-electron chi connectivity index (χ4n) is 2.86. The van der Waals surface area contributed by atoms with Crippen LogP contribution >= 0.6 is 0 Å². The largest absolute Gasteiger partial charge is 0.485 e. The molecule has 0 atom stereocenters. The topological polar surface area (TPSA) is 52.8 Å². The molecule has 0 aliphatic carbocycles. The monoisotopic (exact) mass is 374 g/mol. The van der Waals surface area contributed by atoms with Gasteiger partial charge in [-0.15, -0.1) is 0 Å². The SMILES string of the molecule is CCOC(=O)c1c(C)nc2c(OCc3c(F)cc(CC)cc3F)cccn12. The quantitative estimate of drug-likeness (QED) is 0.606. The van der Waals surface area contributed by atoms with Gasteiger partial charge >= 0.3 is 5.97 Å². The Hall–Kier alpha value is -2.96. The van der Waals surface area contributed by atoms with E-state index in [4.69, 9.17) is 9.47 Å². The number of pyridine rings is 1. The summed E-state index contributed by atoms with van der Waals surface area (Å²) >= 11 is 0. The fraction of sp³-hybridized carbons (Fsp3) is 0.300. The third kappa shape index (κ3) is 3.63. The lowest BCUT2D eigenvalue weighted by Crippen LogP contribution is -2.09. The number of imidazole rings is 1. The first-order chi connectivity index (χ1) is 13.0. The number of aromatic nitrogens is 2. The highest BCUT2D eigenvalue weighted by molar-refractivity contribution is 5.90. The van der Waals surface area contributed by atoms with Crippen molar-refractivity contribution in [3.05, 3.63) is 64.6 Å². The Morgan fingerprint density at radius 2 is 1.93 bits per heavy atom. The van der Waals surface area contributed by atoms with Gasteiger partial charge in [0.05, 0.1) is 17.9 Å². The van der Waals surface area contributed by atoms with Gasteiger partial charge in [0.25, 0.3) is 0 Å². The van der Waals surface area contributed by atoms with E-state index in [-0.39, 0.29) is 18.8 Å². The van der Waals surface area contributed by atoms with Gasteiger partial charge in [0.2, 0.25) is 0 Å². The third-order valence-corrected chi connectivity index (χ3v) is 4.24. The van der Waals surface area contributed by atoms with Crippen molar-refractivity contribution in [2.45, 2.75) is 33.8 Å². The van der Waals surface area contributed by atoms with E-state index < -0.39 is 17.6 Å². The minimum absolute atomic E-state index is 0.150. The standard InChI is InChI=1S/C20H20F2N2O3/c1-4-13-9-15(21)14(16(22)10-13)11-27-17-7-6-8-24-18(20(25)26-5-2)12(3)23-19(17)24/h6-10H,4-5,11H2,1-3H3. The van der Waals surface area contributed by atoms with Crippen molar-refractivity contribution in [1.29, 1.82) is 0 Å². The summed E-state index contributed by atoms with van der Waals surface area (Å²) in [5.41, 5.74) is 1.59. The third-order valence-electron chi connectivity index (χ3n) is 4.24. The molecule has 0 bridgehead atoms. The molecule has 1 aromatic carbocycles. The summed E-state index contributed by atoms with van der Waals surface area (Å²) in [4.78, 5) is 16.5. The van der Waals surface area contributed by atoms with Gasteiger partial charge in [-0.1, -0.05) is 6.92 Å². The number of hydrogen-bond donors (Lipinski definition) is 0. The molecule has 0 aliphatic rings. The zero-order valence-corrected chi connectivity index (χ0v) is 15.4. The number of rotatable bonds is 6. The highest BCUT2D eigenvalue weighted by atomic mass is 19.1. The molecule has 5 nitrogen and oxygen atoms in total. The number of hydrogen-bond acceptors (Lipinski definition) is 4. The summed E-state index contributed by atoms with van der Waals surface area (Å²) in [6.45, 7) is 5.19. The van der Waals surface area contributed by atoms with Crippen LogP contribution < -0.4 is 4.74 Å². The predicted molar refractivity (Wildman–Crippen MR) is 96.0 cm³/mol. The van der Waals surface area contributed by atoms with E-state index in [1.165, 1.54) is 12.1 Å². The summed E-state index contributed by atoms with van der Waals surface area (Å²) in [5.74, 6) is -1.47. The molecule has 0 aliphatic heterocycles. The fourth-order valence-corrected chi connectivity index (χ4v) is 2.86. The molecule has 7 heteroatoms. The average molecular weight is 374 g/mol. The molecule has 3 rings (SSSR count). The molecule has 0 saturated heterocycles. The summed E-state index contributed by atoms with van der Waals surface area (Å²) in [6.07, 6.45) is 2.20. The highest BCUT2D eigenvalue weighted by Crippen LogP contribution is 2.25. The Balaban J connectivity index is 1.93. The smallest absolute Gasteiger partial charge is 0.357 e. The molecular formula is C20H20F2N2O3. The van der Waals surface area contributed by atoms with Crippen LogP contribution in [0.25, 0.3) is 5.65 Å². The van der Waals surface area contributed by atoms with Gasteiger partial charge in [-0.25, -0.2) is 18.6 Å². The molecule has 0 amide bonds. The molecule has 0 radical (unpaired) electrons. The number of benzene rings is 1. The second kappa shape index (κ2) is 7.73. The van der Waals surface area contributed by atoms with E-state index >= 15 is 0 Å². The van der Waals surface area contributed by atoms with Crippen molar-refractivity contribution >= 4 is 11.6 Å². The minimum atomic E-state index is -0.648. The number of nitrogens with zero attached hydrogens (tertiary/aromatic N) is 2. The summed E-state index contributed by atoms with van der Waals surface area (Å²) in [5, 5.41) is 0. The first-order valence-electron chi connectivity index (χ1n) is 8.70. The van der Waals surface area contributed by atoms with E-state index in [2.05, 4.69) is 4.98 Å². The van der Waals surface area contributed by atoms with Gasteiger partial charge < -0.3 is 9.47 Å². The molecule has 0 saturated carbocycles. The van der Waals surface area contributed by atoms with Crippen molar-refractivity contribution in [3.63, 3.8) is 0 Å². The van der Waals surface area contributed by atoms with Gasteiger partial charge in [0.15, 0.2) is 17.1 Å². The van der Waals surface area contributed by atoms with Gasteiger partial charge in [0.1, 0.15) is 18.2 Å². The molecule has 27 heavy (non-hydrogen) atoms. The molecule has 2 aromatic heterocycles. The first kappa shape index (κ1) is 18.8. The Labute approximate surface area is 155 Å². The second-order valence-electron chi connectivity index (χ2n) is 6.01. The van der Waals surface area contributed by atoms with Crippen molar-refractivity contribution in [1.82, 2.24) is 9.38 Å². The van der Waals surface area contributed by atoms with Crippen LogP contribution in [0.3, 0.4) is 0 Å². The number of carbonyl (C=O) groups excluding carboxylic acids is 1. The van der Waals surface area contributed by atoms with Crippen LogP contribution in [-0.4, -0.2) is 22.0 Å². The van der Waals surface area contributed by atoms with Crippen LogP contribution in [0.1, 0.15) is 41.2 Å². The van der Waals surface area contributed by atoms with Crippen LogP contribution in [0.4, 0.5) is 8.78 Å². The number of aryl methyl sites for hydroxylation is 2. The first-order valence-corrected chi connectivity index (χ1v) is 8.70. The van der Waals surface area contributed by atoms with Crippen LogP contribution in [-0.2, 0) is 17.8 Å². The normalized spacial score (nSPS) is 11.0. The Morgan fingerprint density at radius 1 is 1.22 bits per heavy atom. The summed E-state index contributed by atoms with van der Waals surface area (Å²) in [7, 11) is 0. The van der Waals surface area contributed by atoms with Crippen molar-refractivity contribution in [2.24, 2.45) is 0 Å². The van der Waals surface area contributed by atoms with E-state index in [1.807, 2.05) is 6.92 Å². The van der Waals surface area contributed by atoms with Gasteiger partial charge in [0, 0.05) is 6.20 Å². The molecule has 0 unspecified atom stereocenters. The number of esters is 1.